The Morgan fingerprint density at radius 1 is 1.29 bits per heavy atom. The van der Waals surface area contributed by atoms with Crippen LogP contribution in [-0.4, -0.2) is 43.4 Å². The molecule has 1 aliphatic rings. The summed E-state index contributed by atoms with van der Waals surface area (Å²) in [5.74, 6) is 3.09. The highest BCUT2D eigenvalue weighted by Crippen LogP contribution is 2.35. The van der Waals surface area contributed by atoms with E-state index in [2.05, 4.69) is 32.3 Å². The molecule has 3 aromatic rings. The van der Waals surface area contributed by atoms with Crippen LogP contribution in [0.1, 0.15) is 53.0 Å². The second-order valence-corrected chi connectivity index (χ2v) is 7.94. The molecular formula is C19H24N6O2S. The van der Waals surface area contributed by atoms with Crippen LogP contribution in [0.3, 0.4) is 0 Å². The van der Waals surface area contributed by atoms with E-state index < -0.39 is 0 Å². The van der Waals surface area contributed by atoms with Gasteiger partial charge in [-0.1, -0.05) is 6.92 Å². The molecule has 0 aliphatic carbocycles. The van der Waals surface area contributed by atoms with Crippen LogP contribution in [0.15, 0.2) is 0 Å². The monoisotopic (exact) mass is 400 g/mol. The fourth-order valence-corrected chi connectivity index (χ4v) is 4.68. The van der Waals surface area contributed by atoms with Gasteiger partial charge >= 0.3 is 5.97 Å². The van der Waals surface area contributed by atoms with Crippen molar-refractivity contribution in [2.24, 2.45) is 0 Å². The zero-order valence-electron chi connectivity index (χ0n) is 16.6. The summed E-state index contributed by atoms with van der Waals surface area (Å²) in [6, 6.07) is 0.196. The van der Waals surface area contributed by atoms with E-state index in [1.165, 1.54) is 11.3 Å². The molecule has 4 heterocycles. The van der Waals surface area contributed by atoms with Crippen LogP contribution in [0.25, 0.3) is 10.2 Å². The van der Waals surface area contributed by atoms with Gasteiger partial charge in [-0.3, -0.25) is 0 Å². The number of nitrogens with one attached hydrogen (secondary N) is 1. The molecule has 1 N–H and O–H groups in total. The molecule has 28 heavy (non-hydrogen) atoms. The number of rotatable bonds is 5. The molecule has 8 nitrogen and oxygen atoms in total. The third-order valence-corrected chi connectivity index (χ3v) is 6.09. The Morgan fingerprint density at radius 2 is 2.11 bits per heavy atom. The predicted octanol–water partition coefficient (Wildman–Crippen LogP) is 3.07. The Morgan fingerprint density at radius 3 is 2.86 bits per heavy atom. The molecule has 9 heteroatoms. The van der Waals surface area contributed by atoms with Crippen LogP contribution in [0, 0.1) is 13.8 Å². The topological polar surface area (TPSA) is 94.8 Å². The minimum atomic E-state index is -0.302. The van der Waals surface area contributed by atoms with Crippen molar-refractivity contribution in [2.75, 3.05) is 11.9 Å². The maximum Gasteiger partial charge on any atom is 0.348 e. The Bertz CT molecular complexity index is 1040. The molecule has 1 atom stereocenters. The summed E-state index contributed by atoms with van der Waals surface area (Å²) in [4.78, 5) is 27.4. The van der Waals surface area contributed by atoms with Crippen LogP contribution in [0.5, 0.6) is 0 Å². The number of hydrogen-bond acceptors (Lipinski definition) is 8. The van der Waals surface area contributed by atoms with Gasteiger partial charge in [0.15, 0.2) is 5.82 Å². The molecule has 0 saturated carbocycles. The lowest BCUT2D eigenvalue weighted by atomic mass is 10.1. The maximum absolute atomic E-state index is 12.3. The van der Waals surface area contributed by atoms with Gasteiger partial charge in [0.25, 0.3) is 0 Å². The Labute approximate surface area is 167 Å². The molecule has 4 rings (SSSR count). The van der Waals surface area contributed by atoms with Crippen LogP contribution in [-0.2, 0) is 24.1 Å². The molecule has 3 aromatic heterocycles. The van der Waals surface area contributed by atoms with Crippen molar-refractivity contribution in [3.63, 3.8) is 0 Å². The summed E-state index contributed by atoms with van der Waals surface area (Å²) < 4.78 is 7.19. The van der Waals surface area contributed by atoms with Gasteiger partial charge in [0.05, 0.1) is 18.5 Å². The van der Waals surface area contributed by atoms with E-state index in [0.29, 0.717) is 17.3 Å². The number of aryl methyl sites for hydroxylation is 4. The van der Waals surface area contributed by atoms with Gasteiger partial charge in [0.2, 0.25) is 0 Å². The summed E-state index contributed by atoms with van der Waals surface area (Å²) in [6.45, 7) is 8.78. The molecule has 0 radical (unpaired) electrons. The highest BCUT2D eigenvalue weighted by atomic mass is 32.1. The lowest BCUT2D eigenvalue weighted by molar-refractivity contribution is 0.0531. The SMILES string of the molecule is CCOC(=O)c1sc2nc(C)nc(NC3CCc4nc(CC)nn4C3)c2c1C. The van der Waals surface area contributed by atoms with Gasteiger partial charge in [-0.15, -0.1) is 11.3 Å². The quantitative estimate of drug-likeness (QED) is 0.658. The van der Waals surface area contributed by atoms with Crippen molar-refractivity contribution in [3.8, 4) is 0 Å². The van der Waals surface area contributed by atoms with Crippen molar-refractivity contribution < 1.29 is 9.53 Å². The summed E-state index contributed by atoms with van der Waals surface area (Å²) in [6.07, 6.45) is 2.68. The lowest BCUT2D eigenvalue weighted by Crippen LogP contribution is -2.32. The molecule has 1 aliphatic heterocycles. The number of ether oxygens (including phenoxy) is 1. The van der Waals surface area contributed by atoms with Gasteiger partial charge in [0.1, 0.15) is 27.2 Å². The molecule has 148 valence electrons. The fourth-order valence-electron chi connectivity index (χ4n) is 3.56. The standard InChI is InChI=1S/C19H24N6O2S/c1-5-13-23-14-8-7-12(9-25(14)24-13)22-17-15-10(3)16(19(26)27-6-2)28-18(15)21-11(4)20-17/h12H,5-9H2,1-4H3,(H,20,21,22). The number of hydrogen-bond donors (Lipinski definition) is 1. The first kappa shape index (κ1) is 18.8. The molecule has 0 saturated heterocycles. The van der Waals surface area contributed by atoms with E-state index in [-0.39, 0.29) is 12.0 Å². The predicted molar refractivity (Wildman–Crippen MR) is 108 cm³/mol. The largest absolute Gasteiger partial charge is 0.462 e. The molecular weight excluding hydrogens is 376 g/mol. The summed E-state index contributed by atoms with van der Waals surface area (Å²) in [5, 5.41) is 9.05. The average Bonchev–Trinajstić information content (AvgIpc) is 3.22. The number of anilines is 1. The second kappa shape index (κ2) is 7.46. The normalized spacial score (nSPS) is 16.2. The van der Waals surface area contributed by atoms with Gasteiger partial charge in [0, 0.05) is 18.9 Å². The molecule has 0 amide bonds. The number of fused-ring (bicyclic) bond motifs is 2. The zero-order chi connectivity index (χ0) is 19.8. The first-order valence-corrected chi connectivity index (χ1v) is 10.5. The van der Waals surface area contributed by atoms with Crippen molar-refractivity contribution in [2.45, 2.75) is 59.5 Å². The van der Waals surface area contributed by atoms with E-state index in [9.17, 15) is 4.79 Å². The Balaban J connectivity index is 1.66. The van der Waals surface area contributed by atoms with Crippen LogP contribution in [0.4, 0.5) is 5.82 Å². The fraction of sp³-hybridized carbons (Fsp3) is 0.526. The first-order valence-electron chi connectivity index (χ1n) is 9.64. The molecule has 0 spiro atoms. The van der Waals surface area contributed by atoms with Gasteiger partial charge < -0.3 is 10.1 Å². The van der Waals surface area contributed by atoms with Crippen LogP contribution < -0.4 is 5.32 Å². The zero-order valence-corrected chi connectivity index (χ0v) is 17.4. The highest BCUT2D eigenvalue weighted by Gasteiger charge is 2.25. The molecule has 1 unspecified atom stereocenters. The highest BCUT2D eigenvalue weighted by molar-refractivity contribution is 7.20. The van der Waals surface area contributed by atoms with Crippen LogP contribution >= 0.6 is 11.3 Å². The van der Waals surface area contributed by atoms with Gasteiger partial charge in [-0.05, 0) is 32.8 Å². The van der Waals surface area contributed by atoms with Crippen molar-refractivity contribution in [1.82, 2.24) is 24.7 Å². The first-order chi connectivity index (χ1) is 13.5. The smallest absolute Gasteiger partial charge is 0.348 e. The van der Waals surface area contributed by atoms with Gasteiger partial charge in [-0.2, -0.15) is 5.10 Å². The van der Waals surface area contributed by atoms with Crippen molar-refractivity contribution >= 4 is 33.3 Å². The number of carbonyl (C=O) groups excluding carboxylic acids is 1. The maximum atomic E-state index is 12.3. The van der Waals surface area contributed by atoms with E-state index in [1.807, 2.05) is 25.5 Å². The number of nitrogens with zero attached hydrogens (tertiary/aromatic N) is 5. The van der Waals surface area contributed by atoms with Crippen LogP contribution in [0.2, 0.25) is 0 Å². The lowest BCUT2D eigenvalue weighted by Gasteiger charge is -2.24. The number of carbonyl (C=O) groups is 1. The van der Waals surface area contributed by atoms with E-state index in [4.69, 9.17) is 4.74 Å². The average molecular weight is 401 g/mol. The molecule has 0 aromatic carbocycles. The Hall–Kier alpha value is -2.55. The minimum absolute atomic E-state index is 0.196. The molecule has 0 bridgehead atoms. The third-order valence-electron chi connectivity index (χ3n) is 4.92. The Kier molecular flexibility index (Phi) is 5.01. The van der Waals surface area contributed by atoms with E-state index in [0.717, 1.165) is 59.1 Å². The van der Waals surface area contributed by atoms with Crippen molar-refractivity contribution in [1.29, 1.82) is 0 Å². The second-order valence-electron chi connectivity index (χ2n) is 6.94. The van der Waals surface area contributed by atoms with E-state index in [1.54, 1.807) is 0 Å². The molecule has 0 fully saturated rings. The van der Waals surface area contributed by atoms with Gasteiger partial charge in [-0.25, -0.2) is 24.4 Å². The van der Waals surface area contributed by atoms with Crippen molar-refractivity contribution in [3.05, 3.63) is 27.9 Å². The number of esters is 1. The number of aromatic nitrogens is 5. The third kappa shape index (κ3) is 3.34. The van der Waals surface area contributed by atoms with E-state index >= 15 is 0 Å². The summed E-state index contributed by atoms with van der Waals surface area (Å²) in [5.41, 5.74) is 0.867. The minimum Gasteiger partial charge on any atom is -0.462 e. The summed E-state index contributed by atoms with van der Waals surface area (Å²) >= 11 is 1.36. The number of thiophene rings is 1. The summed E-state index contributed by atoms with van der Waals surface area (Å²) in [7, 11) is 0.